The van der Waals surface area contributed by atoms with Gasteiger partial charge in [0, 0.05) is 42.5 Å². The van der Waals surface area contributed by atoms with Crippen molar-refractivity contribution in [2.75, 3.05) is 18.4 Å². The standard InChI is InChI=1S/C49H55F5N4O8/c1-47(2,3)66-46(65)56-26-30-6-12-32(13-7-30)40(60)25-35(44(62)57-36-17-14-33(15-18-36)43-55-27-42(58-43)48(51,52)49(53,54)45(63)64)22-28-4-10-31(11-5-28)34-16-21-38(39(50)24-34)41(61)23-29-8-19-37(59)20-9-29/h4-5,10-11,14-18,21,24,29-30,32,35,37,59H,6-9,12-13,19-20,22-23,25-27H2,1-3H3,(H,56,65)(H,57,62)(H,63,64)/t29?,30?,32?,35-,37?/m1/s1. The van der Waals surface area contributed by atoms with Crippen LogP contribution in [0.5, 0.6) is 0 Å². The van der Waals surface area contributed by atoms with E-state index in [0.29, 0.717) is 61.8 Å². The van der Waals surface area contributed by atoms with Crippen LogP contribution in [0.25, 0.3) is 11.1 Å². The van der Waals surface area contributed by atoms with Gasteiger partial charge in [-0.05, 0) is 143 Å². The van der Waals surface area contributed by atoms with Crippen LogP contribution in [-0.2, 0) is 25.5 Å². The first-order chi connectivity index (χ1) is 31.1. The van der Waals surface area contributed by atoms with Gasteiger partial charge in [0.25, 0.3) is 0 Å². The molecular formula is C49H55F5N4O8. The van der Waals surface area contributed by atoms with E-state index in [1.54, 1.807) is 51.1 Å². The van der Waals surface area contributed by atoms with Crippen molar-refractivity contribution in [3.63, 3.8) is 0 Å². The zero-order valence-corrected chi connectivity index (χ0v) is 37.1. The lowest BCUT2D eigenvalue weighted by atomic mass is 9.77. The molecule has 17 heteroatoms. The number of ketones is 2. The number of alkyl carbamates (subject to hydrolysis) is 1. The summed E-state index contributed by atoms with van der Waals surface area (Å²) >= 11 is 0. The van der Waals surface area contributed by atoms with Crippen LogP contribution in [0.4, 0.5) is 32.4 Å². The molecule has 2 saturated carbocycles. The largest absolute Gasteiger partial charge is 0.477 e. The van der Waals surface area contributed by atoms with Crippen molar-refractivity contribution in [3.8, 4) is 11.1 Å². The smallest absolute Gasteiger partial charge is 0.409 e. The van der Waals surface area contributed by atoms with Crippen LogP contribution in [0.2, 0.25) is 0 Å². The Morgan fingerprint density at radius 3 is 2.02 bits per heavy atom. The number of nitrogens with one attached hydrogen (secondary N) is 2. The molecule has 12 nitrogen and oxygen atoms in total. The average Bonchev–Trinajstić information content (AvgIpc) is 3.78. The van der Waals surface area contributed by atoms with E-state index < -0.39 is 59.4 Å². The molecule has 66 heavy (non-hydrogen) atoms. The van der Waals surface area contributed by atoms with E-state index in [9.17, 15) is 46.6 Å². The number of aliphatic imine (C=N–C) groups is 2. The average molecular weight is 923 g/mol. The Labute approximate surface area is 379 Å². The molecule has 0 saturated heterocycles. The highest BCUT2D eigenvalue weighted by molar-refractivity contribution is 6.15. The van der Waals surface area contributed by atoms with E-state index in [0.717, 1.165) is 12.8 Å². The summed E-state index contributed by atoms with van der Waals surface area (Å²) in [5, 5.41) is 24.0. The summed E-state index contributed by atoms with van der Waals surface area (Å²) in [5.41, 5.74) is 0.294. The minimum Gasteiger partial charge on any atom is -0.477 e. The van der Waals surface area contributed by atoms with Crippen molar-refractivity contribution in [2.24, 2.45) is 33.7 Å². The molecule has 6 rings (SSSR count). The second-order valence-electron chi connectivity index (χ2n) is 18.6. The molecule has 1 heterocycles. The molecule has 2 amide bonds. The number of aliphatic carboxylic acids is 1. The molecule has 3 aromatic rings. The van der Waals surface area contributed by atoms with Gasteiger partial charge in [-0.1, -0.05) is 30.3 Å². The van der Waals surface area contributed by atoms with E-state index in [1.807, 2.05) is 0 Å². The maximum atomic E-state index is 15.3. The first-order valence-electron chi connectivity index (χ1n) is 22.2. The van der Waals surface area contributed by atoms with Gasteiger partial charge < -0.3 is 25.6 Å². The predicted molar refractivity (Wildman–Crippen MR) is 237 cm³/mol. The Kier molecular flexibility index (Phi) is 15.6. The number of carboxylic acid groups (broad SMARTS) is 1. The van der Waals surface area contributed by atoms with Gasteiger partial charge >= 0.3 is 23.9 Å². The number of benzene rings is 3. The number of aliphatic hydroxyl groups is 1. The molecule has 0 bridgehead atoms. The number of hydrogen-bond donors (Lipinski definition) is 4. The van der Waals surface area contributed by atoms with Gasteiger partial charge in [-0.3, -0.25) is 19.4 Å². The van der Waals surface area contributed by atoms with Crippen molar-refractivity contribution in [3.05, 3.63) is 89.2 Å². The zero-order chi connectivity index (χ0) is 48.0. The van der Waals surface area contributed by atoms with Gasteiger partial charge in [0.1, 0.15) is 22.9 Å². The minimum absolute atomic E-state index is 0.0144. The van der Waals surface area contributed by atoms with E-state index in [2.05, 4.69) is 20.6 Å². The zero-order valence-electron chi connectivity index (χ0n) is 37.1. The molecule has 3 aliphatic rings. The third-order valence-corrected chi connectivity index (χ3v) is 12.4. The van der Waals surface area contributed by atoms with E-state index in [1.165, 1.54) is 36.4 Å². The van der Waals surface area contributed by atoms with Crippen LogP contribution in [-0.4, -0.2) is 87.9 Å². The van der Waals surface area contributed by atoms with Gasteiger partial charge in [0.05, 0.1) is 18.2 Å². The maximum Gasteiger partial charge on any atom is 0.409 e. The molecule has 354 valence electrons. The first-order valence-corrected chi connectivity index (χ1v) is 22.2. The Balaban J connectivity index is 1.13. The van der Waals surface area contributed by atoms with Crippen LogP contribution in [0.1, 0.15) is 106 Å². The summed E-state index contributed by atoms with van der Waals surface area (Å²) in [6.07, 6.45) is 4.62. The topological polar surface area (TPSA) is 184 Å². The van der Waals surface area contributed by atoms with Crippen LogP contribution in [0, 0.1) is 29.5 Å². The summed E-state index contributed by atoms with van der Waals surface area (Å²) in [6, 6.07) is 17.1. The number of Topliss-reactive ketones (excluding diaryl/α,β-unsaturated/α-hetero) is 2. The van der Waals surface area contributed by atoms with Crippen molar-refractivity contribution >= 4 is 46.8 Å². The second kappa shape index (κ2) is 20.8. The van der Waals surface area contributed by atoms with Crippen molar-refractivity contribution in [1.82, 2.24) is 5.32 Å². The lowest BCUT2D eigenvalue weighted by Crippen LogP contribution is -2.52. The molecule has 0 spiro atoms. The minimum atomic E-state index is -5.40. The second-order valence-corrected chi connectivity index (χ2v) is 18.6. The number of carboxylic acids is 1. The SMILES string of the molecule is CC(C)(C)OC(=O)NCC1CCC(C(=O)C[C@@H](Cc2ccc(-c3ccc(C(=O)CC4CCC(O)CC4)c(F)c3)cc2)C(=O)Nc2ccc(C3=NCC(C(F)(F)C(F)(F)C(=O)O)=N3)cc2)CC1. The Hall–Kier alpha value is -5.84. The number of ether oxygens (including phenoxy) is 1. The fourth-order valence-electron chi connectivity index (χ4n) is 8.59. The molecule has 1 atom stereocenters. The maximum absolute atomic E-state index is 15.3. The lowest BCUT2D eigenvalue weighted by Gasteiger charge is -2.29. The third kappa shape index (κ3) is 12.5. The number of anilines is 1. The molecule has 2 fully saturated rings. The highest BCUT2D eigenvalue weighted by Crippen LogP contribution is 2.38. The quantitative estimate of drug-likeness (QED) is 0.0763. The number of hydrogen-bond acceptors (Lipinski definition) is 9. The van der Waals surface area contributed by atoms with Crippen molar-refractivity contribution in [1.29, 1.82) is 0 Å². The summed E-state index contributed by atoms with van der Waals surface area (Å²) in [4.78, 5) is 71.1. The van der Waals surface area contributed by atoms with Gasteiger partial charge in [-0.25, -0.2) is 19.0 Å². The van der Waals surface area contributed by atoms with Crippen LogP contribution < -0.4 is 10.6 Å². The number of aliphatic hydroxyl groups excluding tert-OH is 1. The van der Waals surface area contributed by atoms with Crippen LogP contribution in [0.15, 0.2) is 76.7 Å². The normalized spacial score (nSPS) is 20.7. The lowest BCUT2D eigenvalue weighted by molar-refractivity contribution is -0.202. The van der Waals surface area contributed by atoms with Crippen LogP contribution >= 0.6 is 0 Å². The molecular weight excluding hydrogens is 868 g/mol. The van der Waals surface area contributed by atoms with Gasteiger partial charge in [-0.15, -0.1) is 0 Å². The van der Waals surface area contributed by atoms with E-state index >= 15 is 4.39 Å². The van der Waals surface area contributed by atoms with Gasteiger partial charge in [0.15, 0.2) is 11.6 Å². The summed E-state index contributed by atoms with van der Waals surface area (Å²) < 4.78 is 77.0. The summed E-state index contributed by atoms with van der Waals surface area (Å²) in [5.74, 6) is -16.2. The van der Waals surface area contributed by atoms with Gasteiger partial charge in [-0.2, -0.15) is 17.6 Å². The third-order valence-electron chi connectivity index (χ3n) is 12.4. The van der Waals surface area contributed by atoms with Gasteiger partial charge in [0.2, 0.25) is 5.91 Å². The number of amides is 2. The molecule has 4 N–H and O–H groups in total. The number of amidine groups is 1. The number of carbonyl (C=O) groups excluding carboxylic acids is 4. The fourth-order valence-corrected chi connectivity index (χ4v) is 8.59. The number of halogens is 5. The molecule has 0 unspecified atom stereocenters. The highest BCUT2D eigenvalue weighted by atomic mass is 19.3. The first kappa shape index (κ1) is 49.6. The molecule has 0 aromatic heterocycles. The van der Waals surface area contributed by atoms with Crippen LogP contribution in [0.3, 0.4) is 0 Å². The van der Waals surface area contributed by atoms with Crippen molar-refractivity contribution < 1.29 is 60.9 Å². The number of alkyl halides is 4. The fraction of sp³-hybridized carbons (Fsp3) is 0.490. The number of rotatable bonds is 17. The Morgan fingerprint density at radius 1 is 0.803 bits per heavy atom. The Morgan fingerprint density at radius 2 is 1.41 bits per heavy atom. The molecule has 3 aromatic carbocycles. The number of carbonyl (C=O) groups is 5. The molecule has 0 radical (unpaired) electrons. The highest BCUT2D eigenvalue weighted by Gasteiger charge is 2.66. The summed E-state index contributed by atoms with van der Waals surface area (Å²) in [7, 11) is 0. The van der Waals surface area contributed by atoms with Crippen molar-refractivity contribution in [2.45, 2.75) is 115 Å². The van der Waals surface area contributed by atoms with E-state index in [-0.39, 0.29) is 77.3 Å². The summed E-state index contributed by atoms with van der Waals surface area (Å²) in [6.45, 7) is 4.79. The number of nitrogens with zero attached hydrogens (tertiary/aromatic N) is 2. The molecule has 2 aliphatic carbocycles. The van der Waals surface area contributed by atoms with E-state index in [4.69, 9.17) is 9.84 Å². The predicted octanol–water partition coefficient (Wildman–Crippen LogP) is 9.26. The Bertz CT molecular complexity index is 2330. The monoisotopic (exact) mass is 922 g/mol. The molecule has 1 aliphatic heterocycles.